The van der Waals surface area contributed by atoms with Crippen molar-refractivity contribution in [2.75, 3.05) is 5.32 Å². The minimum Gasteiger partial charge on any atom is -0.380 e. The van der Waals surface area contributed by atoms with Gasteiger partial charge in [-0.05, 0) is 50.2 Å². The molecule has 1 aliphatic rings. The Balaban J connectivity index is 2.04. The number of para-hydroxylation sites is 1. The molecule has 0 aromatic heterocycles. The molecule has 1 fully saturated rings. The van der Waals surface area contributed by atoms with E-state index in [0.717, 1.165) is 24.3 Å². The van der Waals surface area contributed by atoms with Gasteiger partial charge in [-0.1, -0.05) is 19.1 Å². The molecule has 2 rings (SSSR count). The lowest BCUT2D eigenvalue weighted by Crippen LogP contribution is -2.26. The molecule has 1 aliphatic carbocycles. The Labute approximate surface area is 97.1 Å². The molecule has 0 unspecified atom stereocenters. The highest BCUT2D eigenvalue weighted by Crippen LogP contribution is 2.28. The number of rotatable bonds is 2. The second-order valence-corrected chi connectivity index (χ2v) is 5.03. The summed E-state index contributed by atoms with van der Waals surface area (Å²) in [7, 11) is 0. The van der Waals surface area contributed by atoms with Gasteiger partial charge >= 0.3 is 0 Å². The lowest BCUT2D eigenvalue weighted by Gasteiger charge is -2.28. The van der Waals surface area contributed by atoms with E-state index in [-0.39, 0.29) is 5.82 Å². The van der Waals surface area contributed by atoms with Gasteiger partial charge in [0.1, 0.15) is 5.82 Å². The fourth-order valence-electron chi connectivity index (χ4n) is 2.42. The zero-order chi connectivity index (χ0) is 11.5. The Hall–Kier alpha value is -1.05. The maximum atomic E-state index is 13.6. The van der Waals surface area contributed by atoms with Crippen molar-refractivity contribution >= 4 is 5.69 Å². The topological polar surface area (TPSA) is 12.0 Å². The van der Waals surface area contributed by atoms with Gasteiger partial charge in [-0.15, -0.1) is 0 Å². The van der Waals surface area contributed by atoms with Crippen LogP contribution in [0.1, 0.15) is 38.2 Å². The molecule has 0 aliphatic heterocycles. The summed E-state index contributed by atoms with van der Waals surface area (Å²) >= 11 is 0. The van der Waals surface area contributed by atoms with Crippen molar-refractivity contribution in [2.45, 2.75) is 45.6 Å². The van der Waals surface area contributed by atoms with Crippen LogP contribution in [0.5, 0.6) is 0 Å². The first kappa shape index (κ1) is 11.4. The molecule has 1 nitrogen and oxygen atoms in total. The fourth-order valence-corrected chi connectivity index (χ4v) is 2.42. The van der Waals surface area contributed by atoms with E-state index in [1.54, 1.807) is 6.07 Å². The van der Waals surface area contributed by atoms with Gasteiger partial charge in [-0.2, -0.15) is 0 Å². The Kier molecular flexibility index (Phi) is 3.47. The normalized spacial score (nSPS) is 25.4. The van der Waals surface area contributed by atoms with Gasteiger partial charge in [0, 0.05) is 6.04 Å². The van der Waals surface area contributed by atoms with Crippen molar-refractivity contribution in [3.8, 4) is 0 Å². The first-order valence-corrected chi connectivity index (χ1v) is 6.18. The second-order valence-electron chi connectivity index (χ2n) is 5.03. The average molecular weight is 221 g/mol. The lowest BCUT2D eigenvalue weighted by atomic mass is 9.87. The molecule has 0 amide bonds. The number of hydrogen-bond donors (Lipinski definition) is 1. The summed E-state index contributed by atoms with van der Waals surface area (Å²) in [6.07, 6.45) is 4.83. The Morgan fingerprint density at radius 2 is 1.88 bits per heavy atom. The standard InChI is InChI=1S/C14H20FN/c1-10-6-8-12(9-7-10)16-14-11(2)4-3-5-13(14)15/h3-5,10,12,16H,6-9H2,1-2H3. The molecule has 88 valence electrons. The Bertz CT molecular complexity index is 334. The van der Waals surface area contributed by atoms with E-state index in [9.17, 15) is 4.39 Å². The molecule has 0 heterocycles. The maximum absolute atomic E-state index is 13.6. The number of anilines is 1. The molecule has 1 aromatic carbocycles. The van der Waals surface area contributed by atoms with Crippen LogP contribution >= 0.6 is 0 Å². The van der Waals surface area contributed by atoms with E-state index in [1.807, 2.05) is 13.0 Å². The van der Waals surface area contributed by atoms with E-state index in [0.29, 0.717) is 11.7 Å². The quantitative estimate of drug-likeness (QED) is 0.792. The third kappa shape index (κ3) is 2.55. The van der Waals surface area contributed by atoms with E-state index < -0.39 is 0 Å². The third-order valence-electron chi connectivity index (χ3n) is 3.59. The van der Waals surface area contributed by atoms with Gasteiger partial charge in [0.25, 0.3) is 0 Å². The van der Waals surface area contributed by atoms with Crippen LogP contribution in [0.4, 0.5) is 10.1 Å². The second kappa shape index (κ2) is 4.86. The molecule has 1 N–H and O–H groups in total. The monoisotopic (exact) mass is 221 g/mol. The maximum Gasteiger partial charge on any atom is 0.146 e. The molecule has 0 bridgehead atoms. The highest BCUT2D eigenvalue weighted by atomic mass is 19.1. The molecule has 16 heavy (non-hydrogen) atoms. The van der Waals surface area contributed by atoms with E-state index in [2.05, 4.69) is 12.2 Å². The predicted octanol–water partition coefficient (Wildman–Crippen LogP) is 4.12. The fraction of sp³-hybridized carbons (Fsp3) is 0.571. The predicted molar refractivity (Wildman–Crippen MR) is 66.2 cm³/mol. The van der Waals surface area contributed by atoms with E-state index in [1.165, 1.54) is 18.9 Å². The molecule has 0 saturated heterocycles. The van der Waals surface area contributed by atoms with Gasteiger partial charge in [0.05, 0.1) is 5.69 Å². The summed E-state index contributed by atoms with van der Waals surface area (Å²) in [5, 5.41) is 3.36. The van der Waals surface area contributed by atoms with Crippen LogP contribution in [0.25, 0.3) is 0 Å². The zero-order valence-corrected chi connectivity index (χ0v) is 10.1. The van der Waals surface area contributed by atoms with Crippen LogP contribution in [0, 0.1) is 18.7 Å². The summed E-state index contributed by atoms with van der Waals surface area (Å²) in [6.45, 7) is 4.25. The van der Waals surface area contributed by atoms with Crippen molar-refractivity contribution in [3.63, 3.8) is 0 Å². The SMILES string of the molecule is Cc1cccc(F)c1NC1CCC(C)CC1. The average Bonchev–Trinajstić information content (AvgIpc) is 2.26. The zero-order valence-electron chi connectivity index (χ0n) is 10.1. The van der Waals surface area contributed by atoms with Crippen LogP contribution in [0.2, 0.25) is 0 Å². The van der Waals surface area contributed by atoms with Crippen LogP contribution in [-0.4, -0.2) is 6.04 Å². The van der Waals surface area contributed by atoms with Gasteiger partial charge in [0.2, 0.25) is 0 Å². The summed E-state index contributed by atoms with van der Waals surface area (Å²) in [5.74, 6) is 0.707. The molecule has 1 saturated carbocycles. The van der Waals surface area contributed by atoms with Gasteiger partial charge in [-0.3, -0.25) is 0 Å². The minimum atomic E-state index is -0.126. The van der Waals surface area contributed by atoms with Crippen molar-refractivity contribution in [3.05, 3.63) is 29.6 Å². The van der Waals surface area contributed by atoms with Gasteiger partial charge in [-0.25, -0.2) is 4.39 Å². The summed E-state index contributed by atoms with van der Waals surface area (Å²) in [5.41, 5.74) is 1.70. The molecule has 0 spiro atoms. The molecule has 2 heteroatoms. The number of nitrogens with one attached hydrogen (secondary N) is 1. The van der Waals surface area contributed by atoms with Crippen molar-refractivity contribution in [1.82, 2.24) is 0 Å². The molecular formula is C14H20FN. The summed E-state index contributed by atoms with van der Waals surface area (Å²) in [4.78, 5) is 0. The van der Waals surface area contributed by atoms with Crippen molar-refractivity contribution in [2.24, 2.45) is 5.92 Å². The number of halogens is 1. The van der Waals surface area contributed by atoms with E-state index >= 15 is 0 Å². The van der Waals surface area contributed by atoms with Gasteiger partial charge in [0.15, 0.2) is 0 Å². The van der Waals surface area contributed by atoms with Crippen LogP contribution < -0.4 is 5.32 Å². The summed E-state index contributed by atoms with van der Waals surface area (Å²) < 4.78 is 13.6. The van der Waals surface area contributed by atoms with Crippen LogP contribution in [0.3, 0.4) is 0 Å². The smallest absolute Gasteiger partial charge is 0.146 e. The molecule has 0 radical (unpaired) electrons. The lowest BCUT2D eigenvalue weighted by molar-refractivity contribution is 0.360. The molecular weight excluding hydrogens is 201 g/mol. The van der Waals surface area contributed by atoms with E-state index in [4.69, 9.17) is 0 Å². The van der Waals surface area contributed by atoms with Crippen LogP contribution in [-0.2, 0) is 0 Å². The first-order chi connectivity index (χ1) is 7.66. The number of aryl methyl sites for hydroxylation is 1. The minimum absolute atomic E-state index is 0.126. The van der Waals surface area contributed by atoms with Crippen molar-refractivity contribution in [1.29, 1.82) is 0 Å². The van der Waals surface area contributed by atoms with Gasteiger partial charge < -0.3 is 5.32 Å². The number of hydrogen-bond acceptors (Lipinski definition) is 1. The highest BCUT2D eigenvalue weighted by molar-refractivity contribution is 5.52. The number of benzene rings is 1. The van der Waals surface area contributed by atoms with Crippen LogP contribution in [0.15, 0.2) is 18.2 Å². The third-order valence-corrected chi connectivity index (χ3v) is 3.59. The Morgan fingerprint density at radius 3 is 2.50 bits per heavy atom. The van der Waals surface area contributed by atoms with Crippen molar-refractivity contribution < 1.29 is 4.39 Å². The largest absolute Gasteiger partial charge is 0.380 e. The molecule has 0 atom stereocenters. The highest BCUT2D eigenvalue weighted by Gasteiger charge is 2.19. The summed E-state index contributed by atoms with van der Waals surface area (Å²) in [6, 6.07) is 5.70. The first-order valence-electron chi connectivity index (χ1n) is 6.18. The molecule has 1 aromatic rings. The Morgan fingerprint density at radius 1 is 1.19 bits per heavy atom.